The van der Waals surface area contributed by atoms with E-state index >= 15 is 0 Å². The smallest absolute Gasteiger partial charge is 0.150 e. The molecule has 0 radical (unpaired) electrons. The monoisotopic (exact) mass is 540 g/mol. The van der Waals surface area contributed by atoms with Crippen molar-refractivity contribution in [3.8, 4) is 0 Å². The molecule has 8 aromatic rings. The molecule has 1 heteroatoms. The molecular formula is C41H32O. The van der Waals surface area contributed by atoms with E-state index in [9.17, 15) is 4.79 Å². The van der Waals surface area contributed by atoms with Gasteiger partial charge in [0.25, 0.3) is 0 Å². The molecule has 0 saturated heterocycles. The van der Waals surface area contributed by atoms with Gasteiger partial charge in [-0.25, -0.2) is 0 Å². The van der Waals surface area contributed by atoms with Crippen molar-refractivity contribution in [3.05, 3.63) is 144 Å². The Morgan fingerprint density at radius 2 is 0.810 bits per heavy atom. The van der Waals surface area contributed by atoms with Gasteiger partial charge in [0.15, 0.2) is 6.29 Å². The predicted molar refractivity (Wildman–Crippen MR) is 182 cm³/mol. The fraction of sp³-hybridized carbons (Fsp3) is 0.0976. The van der Waals surface area contributed by atoms with Gasteiger partial charge in [0, 0.05) is 5.56 Å². The molecule has 0 spiro atoms. The molecule has 1 nitrogen and oxygen atoms in total. The minimum absolute atomic E-state index is 0.762. The zero-order valence-electron chi connectivity index (χ0n) is 24.0. The van der Waals surface area contributed by atoms with Crippen LogP contribution in [0.1, 0.15) is 35.3 Å². The lowest BCUT2D eigenvalue weighted by Crippen LogP contribution is -1.90. The molecule has 0 aliphatic heterocycles. The topological polar surface area (TPSA) is 17.1 Å². The average Bonchev–Trinajstić information content (AvgIpc) is 3.07. The second-order valence-electron chi connectivity index (χ2n) is 11.0. The van der Waals surface area contributed by atoms with Crippen LogP contribution in [-0.2, 0) is 12.8 Å². The standard InChI is InChI=1S/C21H16O.C20H16/c1-2-14-11-20-19-10-6-4-8-17(19)15(13-22)12-21(20)18-9-5-3-7-16(14)18;1-2-14-13-20-17-9-4-3-7-15(17)11-12-19(20)18-10-6-5-8-16(14)18/h3-13H,2H2,1H3;3-13H,2H2,1H3. The van der Waals surface area contributed by atoms with Gasteiger partial charge in [-0.15, -0.1) is 0 Å². The molecule has 0 aromatic heterocycles. The maximum atomic E-state index is 11.5. The Morgan fingerprint density at radius 1 is 0.405 bits per heavy atom. The zero-order valence-corrected chi connectivity index (χ0v) is 24.0. The molecule has 8 aromatic carbocycles. The van der Waals surface area contributed by atoms with E-state index in [0.29, 0.717) is 0 Å². The molecule has 0 N–H and O–H groups in total. The van der Waals surface area contributed by atoms with Crippen LogP contribution < -0.4 is 0 Å². The van der Waals surface area contributed by atoms with Gasteiger partial charge in [0.05, 0.1) is 0 Å². The van der Waals surface area contributed by atoms with Crippen LogP contribution in [0, 0.1) is 0 Å². The number of benzene rings is 8. The molecule has 202 valence electrons. The fourth-order valence-electron chi connectivity index (χ4n) is 6.67. The van der Waals surface area contributed by atoms with Crippen molar-refractivity contribution in [2.24, 2.45) is 0 Å². The van der Waals surface area contributed by atoms with Gasteiger partial charge in [-0.3, -0.25) is 4.79 Å². The molecule has 8 rings (SSSR count). The van der Waals surface area contributed by atoms with E-state index in [1.54, 1.807) is 0 Å². The third-order valence-electron chi connectivity index (χ3n) is 8.74. The minimum atomic E-state index is 0.762. The van der Waals surface area contributed by atoms with Gasteiger partial charge in [-0.1, -0.05) is 123 Å². The first kappa shape index (κ1) is 25.9. The molecule has 42 heavy (non-hydrogen) atoms. The van der Waals surface area contributed by atoms with Crippen LogP contribution in [0.3, 0.4) is 0 Å². The highest BCUT2D eigenvalue weighted by Gasteiger charge is 2.11. The normalized spacial score (nSPS) is 11.4. The van der Waals surface area contributed by atoms with Gasteiger partial charge in [0.1, 0.15) is 0 Å². The third kappa shape index (κ3) is 4.21. The van der Waals surface area contributed by atoms with Crippen LogP contribution in [0.5, 0.6) is 0 Å². The Bertz CT molecular complexity index is 2290. The predicted octanol–water partition coefficient (Wildman–Crippen LogP) is 11.2. The van der Waals surface area contributed by atoms with Crippen LogP contribution in [0.25, 0.3) is 64.6 Å². The number of rotatable bonds is 3. The molecule has 0 unspecified atom stereocenters. The second-order valence-corrected chi connectivity index (χ2v) is 11.0. The van der Waals surface area contributed by atoms with Crippen molar-refractivity contribution in [3.63, 3.8) is 0 Å². The highest BCUT2D eigenvalue weighted by Crippen LogP contribution is 2.36. The summed E-state index contributed by atoms with van der Waals surface area (Å²) < 4.78 is 0. The first-order valence-corrected chi connectivity index (χ1v) is 14.8. The van der Waals surface area contributed by atoms with Crippen LogP contribution in [0.2, 0.25) is 0 Å². The summed E-state index contributed by atoms with van der Waals surface area (Å²) in [5.41, 5.74) is 3.55. The van der Waals surface area contributed by atoms with E-state index in [1.165, 1.54) is 59.6 Å². The van der Waals surface area contributed by atoms with Crippen molar-refractivity contribution in [1.82, 2.24) is 0 Å². The fourth-order valence-corrected chi connectivity index (χ4v) is 6.67. The van der Waals surface area contributed by atoms with E-state index in [1.807, 2.05) is 24.3 Å². The van der Waals surface area contributed by atoms with Crippen LogP contribution in [0.4, 0.5) is 0 Å². The summed E-state index contributed by atoms with van der Waals surface area (Å²) in [6, 6.07) is 45.2. The Balaban J connectivity index is 0.000000138. The Morgan fingerprint density at radius 3 is 1.38 bits per heavy atom. The summed E-state index contributed by atoms with van der Waals surface area (Å²) in [7, 11) is 0. The summed E-state index contributed by atoms with van der Waals surface area (Å²) in [4.78, 5) is 11.5. The molecule has 0 heterocycles. The van der Waals surface area contributed by atoms with Gasteiger partial charge in [-0.05, 0) is 107 Å². The van der Waals surface area contributed by atoms with Crippen molar-refractivity contribution >= 4 is 70.9 Å². The summed E-state index contributed by atoms with van der Waals surface area (Å²) in [6.45, 7) is 4.42. The van der Waals surface area contributed by atoms with Crippen LogP contribution in [0.15, 0.2) is 127 Å². The van der Waals surface area contributed by atoms with Crippen LogP contribution >= 0.6 is 0 Å². The summed E-state index contributed by atoms with van der Waals surface area (Å²) in [5.74, 6) is 0. The van der Waals surface area contributed by atoms with Crippen molar-refractivity contribution in [1.29, 1.82) is 0 Å². The number of aryl methyl sites for hydroxylation is 2. The second kappa shape index (κ2) is 10.8. The van der Waals surface area contributed by atoms with Gasteiger partial charge >= 0.3 is 0 Å². The Labute approximate surface area is 246 Å². The lowest BCUT2D eigenvalue weighted by Gasteiger charge is -2.13. The number of aldehydes is 1. The molecule has 0 aliphatic rings. The first-order chi connectivity index (χ1) is 20.7. The van der Waals surface area contributed by atoms with E-state index in [0.717, 1.165) is 40.8 Å². The number of carbonyl (C=O) groups is 1. The number of hydrogen-bond acceptors (Lipinski definition) is 1. The summed E-state index contributed by atoms with van der Waals surface area (Å²) >= 11 is 0. The maximum absolute atomic E-state index is 11.5. The molecule has 0 aliphatic carbocycles. The van der Waals surface area contributed by atoms with Crippen molar-refractivity contribution < 1.29 is 4.79 Å². The lowest BCUT2D eigenvalue weighted by molar-refractivity contribution is 0.112. The van der Waals surface area contributed by atoms with Gasteiger partial charge in [0.2, 0.25) is 0 Å². The molecule has 0 saturated carbocycles. The molecule has 0 fully saturated rings. The van der Waals surface area contributed by atoms with Gasteiger partial charge in [-0.2, -0.15) is 0 Å². The highest BCUT2D eigenvalue weighted by atomic mass is 16.1. The molecule has 0 amide bonds. The number of hydrogen-bond donors (Lipinski definition) is 0. The highest BCUT2D eigenvalue weighted by molar-refractivity contribution is 6.21. The quantitative estimate of drug-likeness (QED) is 0.161. The van der Waals surface area contributed by atoms with Crippen LogP contribution in [-0.4, -0.2) is 6.29 Å². The minimum Gasteiger partial charge on any atom is -0.298 e. The number of fused-ring (bicyclic) bond motifs is 10. The van der Waals surface area contributed by atoms with E-state index in [4.69, 9.17) is 0 Å². The first-order valence-electron chi connectivity index (χ1n) is 14.8. The largest absolute Gasteiger partial charge is 0.298 e. The molecule has 0 bridgehead atoms. The lowest BCUT2D eigenvalue weighted by atomic mass is 9.91. The summed E-state index contributed by atoms with van der Waals surface area (Å²) in [6.07, 6.45) is 3.03. The van der Waals surface area contributed by atoms with E-state index in [-0.39, 0.29) is 0 Å². The third-order valence-corrected chi connectivity index (χ3v) is 8.74. The summed E-state index contributed by atoms with van der Waals surface area (Å²) in [5, 5.41) is 15.2. The molecule has 0 atom stereocenters. The average molecular weight is 541 g/mol. The SMILES string of the molecule is CCc1cc2c3ccccc3c(C=O)cc2c2ccccc12.CCc1cc2c3ccccc3ccc2c2ccccc12. The van der Waals surface area contributed by atoms with Crippen molar-refractivity contribution in [2.75, 3.05) is 0 Å². The maximum Gasteiger partial charge on any atom is 0.150 e. The zero-order chi connectivity index (χ0) is 28.6. The number of carbonyl (C=O) groups excluding carboxylic acids is 1. The van der Waals surface area contributed by atoms with Gasteiger partial charge < -0.3 is 0 Å². The van der Waals surface area contributed by atoms with E-state index in [2.05, 4.69) is 117 Å². The Hall–Kier alpha value is -5.01. The van der Waals surface area contributed by atoms with Crippen molar-refractivity contribution in [2.45, 2.75) is 26.7 Å². The van der Waals surface area contributed by atoms with E-state index < -0.39 is 0 Å². The Kier molecular flexibility index (Phi) is 6.64. The molecular weight excluding hydrogens is 508 g/mol.